The molecule has 3 N–H and O–H groups in total. The van der Waals surface area contributed by atoms with Gasteiger partial charge in [0.1, 0.15) is 29.5 Å². The van der Waals surface area contributed by atoms with Crippen molar-refractivity contribution in [3.8, 4) is 17.2 Å². The minimum absolute atomic E-state index is 0.145. The van der Waals surface area contributed by atoms with Crippen LogP contribution in [0.2, 0.25) is 0 Å². The molecule has 2 aromatic carbocycles. The summed E-state index contributed by atoms with van der Waals surface area (Å²) in [6.07, 6.45) is 5.70. The van der Waals surface area contributed by atoms with Gasteiger partial charge in [-0.25, -0.2) is 32.8 Å². The second-order valence-corrected chi connectivity index (χ2v) is 11.0. The highest BCUT2D eigenvalue weighted by Crippen LogP contribution is 2.26. The molecule has 0 aliphatic rings. The first-order valence-corrected chi connectivity index (χ1v) is 14.1. The maximum Gasteiger partial charge on any atom is 0.324 e. The quantitative estimate of drug-likeness (QED) is 0.237. The number of benzene rings is 2. The molecule has 0 aliphatic carbocycles. The zero-order valence-electron chi connectivity index (χ0n) is 21.9. The smallest absolute Gasteiger partial charge is 0.324 e. The van der Waals surface area contributed by atoms with Gasteiger partial charge < -0.3 is 10.1 Å². The first-order valence-electron chi connectivity index (χ1n) is 12.2. The van der Waals surface area contributed by atoms with Crippen molar-refractivity contribution in [3.05, 3.63) is 85.1 Å². The lowest BCUT2D eigenvalue weighted by molar-refractivity contribution is 0.262. The van der Waals surface area contributed by atoms with Crippen molar-refractivity contribution < 1.29 is 17.9 Å². The Labute approximate surface area is 230 Å². The van der Waals surface area contributed by atoms with E-state index in [0.29, 0.717) is 23.0 Å². The molecule has 0 radical (unpaired) electrons. The summed E-state index contributed by atoms with van der Waals surface area (Å²) in [5.41, 5.74) is 2.94. The van der Waals surface area contributed by atoms with E-state index in [1.165, 1.54) is 18.6 Å². The van der Waals surface area contributed by atoms with Crippen LogP contribution in [0.5, 0.6) is 11.5 Å². The van der Waals surface area contributed by atoms with Gasteiger partial charge in [0.15, 0.2) is 0 Å². The number of pyridine rings is 1. The van der Waals surface area contributed by atoms with E-state index in [9.17, 15) is 13.2 Å². The molecule has 13 heteroatoms. The predicted octanol–water partition coefficient (Wildman–Crippen LogP) is 5.14. The molecule has 0 spiro atoms. The molecule has 5 aromatic rings. The predicted molar refractivity (Wildman–Crippen MR) is 153 cm³/mol. The first kappa shape index (κ1) is 26.6. The van der Waals surface area contributed by atoms with Crippen LogP contribution >= 0.6 is 0 Å². The fraction of sp³-hybridized carbons (Fsp3) is 0.148. The Morgan fingerprint density at radius 1 is 0.950 bits per heavy atom. The normalized spacial score (nSPS) is 11.4. The molecule has 0 fully saturated rings. The lowest BCUT2D eigenvalue weighted by Gasteiger charge is -2.11. The maximum absolute atomic E-state index is 12.9. The van der Waals surface area contributed by atoms with Crippen LogP contribution in [-0.2, 0) is 10.0 Å². The molecule has 40 heavy (non-hydrogen) atoms. The number of carbonyl (C=O) groups is 1. The molecule has 0 atom stereocenters. The fourth-order valence-corrected chi connectivity index (χ4v) is 4.30. The SMILES string of the molecule is CC(C)c1cc(NC(=O)Nc2ccc(Oc3ccnc(NS(C)(=O)=O)c3)cc2)n(-c2ccc3ncncc3c2)n1. The maximum atomic E-state index is 12.9. The summed E-state index contributed by atoms with van der Waals surface area (Å²) in [5.74, 6) is 1.69. The summed E-state index contributed by atoms with van der Waals surface area (Å²) in [5, 5.41) is 11.2. The summed E-state index contributed by atoms with van der Waals surface area (Å²) < 4.78 is 32.6. The van der Waals surface area contributed by atoms with Crippen molar-refractivity contribution in [3.63, 3.8) is 0 Å². The van der Waals surface area contributed by atoms with E-state index in [1.807, 2.05) is 38.1 Å². The van der Waals surface area contributed by atoms with E-state index in [4.69, 9.17) is 9.84 Å². The van der Waals surface area contributed by atoms with E-state index in [1.54, 1.807) is 41.2 Å². The number of anilines is 3. The number of nitrogens with zero attached hydrogens (tertiary/aromatic N) is 5. The monoisotopic (exact) mass is 558 g/mol. The Morgan fingerprint density at radius 2 is 1.75 bits per heavy atom. The van der Waals surface area contributed by atoms with Crippen LogP contribution in [0.25, 0.3) is 16.6 Å². The number of hydrogen-bond acceptors (Lipinski definition) is 8. The summed E-state index contributed by atoms with van der Waals surface area (Å²) in [6, 6.07) is 16.9. The van der Waals surface area contributed by atoms with Crippen LogP contribution < -0.4 is 20.1 Å². The molecule has 3 aromatic heterocycles. The molecule has 0 aliphatic heterocycles. The number of amides is 2. The highest BCUT2D eigenvalue weighted by atomic mass is 32.2. The van der Waals surface area contributed by atoms with Gasteiger partial charge in [0.25, 0.3) is 0 Å². The number of sulfonamides is 1. The van der Waals surface area contributed by atoms with Crippen molar-refractivity contribution in [2.24, 2.45) is 0 Å². The minimum Gasteiger partial charge on any atom is -0.457 e. The Balaban J connectivity index is 1.28. The van der Waals surface area contributed by atoms with Crippen molar-refractivity contribution in [1.82, 2.24) is 24.7 Å². The Hall–Kier alpha value is -5.04. The largest absolute Gasteiger partial charge is 0.457 e. The van der Waals surface area contributed by atoms with Crippen LogP contribution in [0.4, 0.5) is 22.1 Å². The number of nitrogens with one attached hydrogen (secondary N) is 3. The average Bonchev–Trinajstić information content (AvgIpc) is 3.33. The number of aromatic nitrogens is 5. The van der Waals surface area contributed by atoms with Gasteiger partial charge in [-0.05, 0) is 54.4 Å². The zero-order valence-corrected chi connectivity index (χ0v) is 22.7. The number of urea groups is 1. The number of fused-ring (bicyclic) bond motifs is 1. The molecule has 0 unspecified atom stereocenters. The Morgan fingerprint density at radius 3 is 2.50 bits per heavy atom. The van der Waals surface area contributed by atoms with Gasteiger partial charge in [0.2, 0.25) is 10.0 Å². The third kappa shape index (κ3) is 6.50. The third-order valence-corrected chi connectivity index (χ3v) is 6.24. The van der Waals surface area contributed by atoms with Gasteiger partial charge in [-0.2, -0.15) is 5.10 Å². The van der Waals surface area contributed by atoms with Crippen LogP contribution in [0.1, 0.15) is 25.5 Å². The van der Waals surface area contributed by atoms with Gasteiger partial charge in [0.05, 0.1) is 23.2 Å². The molecule has 2 amide bonds. The lowest BCUT2D eigenvalue weighted by Crippen LogP contribution is -2.21. The summed E-state index contributed by atoms with van der Waals surface area (Å²) in [4.78, 5) is 25.2. The molecular weight excluding hydrogens is 532 g/mol. The average molecular weight is 559 g/mol. The molecule has 204 valence electrons. The molecule has 12 nitrogen and oxygen atoms in total. The molecule has 3 heterocycles. The highest BCUT2D eigenvalue weighted by molar-refractivity contribution is 7.92. The van der Waals surface area contributed by atoms with Crippen molar-refractivity contribution >= 4 is 44.3 Å². The topological polar surface area (TPSA) is 153 Å². The van der Waals surface area contributed by atoms with Crippen LogP contribution in [-0.4, -0.2) is 45.4 Å². The van der Waals surface area contributed by atoms with Gasteiger partial charge in [-0.3, -0.25) is 10.0 Å². The fourth-order valence-electron chi connectivity index (χ4n) is 3.81. The van der Waals surface area contributed by atoms with E-state index in [0.717, 1.165) is 28.5 Å². The molecule has 0 saturated carbocycles. The lowest BCUT2D eigenvalue weighted by atomic mass is 10.1. The minimum atomic E-state index is -3.46. The summed E-state index contributed by atoms with van der Waals surface area (Å²) in [6.45, 7) is 4.06. The summed E-state index contributed by atoms with van der Waals surface area (Å²) in [7, 11) is -3.46. The summed E-state index contributed by atoms with van der Waals surface area (Å²) >= 11 is 0. The number of ether oxygens (including phenoxy) is 1. The number of carbonyl (C=O) groups excluding carboxylic acids is 1. The highest BCUT2D eigenvalue weighted by Gasteiger charge is 2.15. The van der Waals surface area contributed by atoms with Crippen LogP contribution in [0.15, 0.2) is 79.4 Å². The second-order valence-electron chi connectivity index (χ2n) is 9.24. The number of rotatable bonds is 8. The van der Waals surface area contributed by atoms with E-state index < -0.39 is 16.1 Å². The van der Waals surface area contributed by atoms with Crippen LogP contribution in [0, 0.1) is 0 Å². The van der Waals surface area contributed by atoms with Gasteiger partial charge in [-0.15, -0.1) is 0 Å². The van der Waals surface area contributed by atoms with Crippen molar-refractivity contribution in [2.45, 2.75) is 19.8 Å². The zero-order chi connectivity index (χ0) is 28.3. The number of hydrogen-bond donors (Lipinski definition) is 3. The molecule has 5 rings (SSSR count). The standard InChI is InChI=1S/C27H26N8O4S/c1-17(2)24-14-26(35(33-24)20-6-9-23-18(12-20)15-28-16-30-23)32-27(36)31-19-4-7-21(8-5-19)39-22-10-11-29-25(13-22)34-40(3,37)38/h4-17H,1-3H3,(H,29,34)(H2,31,32,36). The van der Waals surface area contributed by atoms with Crippen molar-refractivity contribution in [1.29, 1.82) is 0 Å². The van der Waals surface area contributed by atoms with Gasteiger partial charge in [0, 0.05) is 35.6 Å². The molecule has 0 bridgehead atoms. The van der Waals surface area contributed by atoms with Crippen LogP contribution in [0.3, 0.4) is 0 Å². The Kier molecular flexibility index (Phi) is 7.29. The first-order chi connectivity index (χ1) is 19.1. The van der Waals surface area contributed by atoms with E-state index >= 15 is 0 Å². The van der Waals surface area contributed by atoms with Gasteiger partial charge in [-0.1, -0.05) is 13.8 Å². The molecular formula is C27H26N8O4S. The van der Waals surface area contributed by atoms with E-state index in [-0.39, 0.29) is 11.7 Å². The van der Waals surface area contributed by atoms with E-state index in [2.05, 4.69) is 30.3 Å². The Bertz CT molecular complexity index is 1790. The second kappa shape index (κ2) is 11.0. The molecule has 0 saturated heterocycles. The third-order valence-electron chi connectivity index (χ3n) is 5.66. The van der Waals surface area contributed by atoms with Gasteiger partial charge >= 0.3 is 6.03 Å². The van der Waals surface area contributed by atoms with Crippen molar-refractivity contribution in [2.75, 3.05) is 21.6 Å².